The van der Waals surface area contributed by atoms with Crippen LogP contribution < -0.4 is 10.6 Å². The highest BCUT2D eigenvalue weighted by atomic mass is 16.5. The minimum Gasteiger partial charge on any atom is -0.472 e. The van der Waals surface area contributed by atoms with Crippen molar-refractivity contribution in [3.05, 3.63) is 24.2 Å². The molecule has 27 heavy (non-hydrogen) atoms. The van der Waals surface area contributed by atoms with Gasteiger partial charge in [0, 0.05) is 0 Å². The van der Waals surface area contributed by atoms with Gasteiger partial charge in [-0.3, -0.25) is 14.4 Å². The first-order chi connectivity index (χ1) is 12.9. The number of amides is 2. The fraction of sp³-hybridized carbons (Fsp3) is 0.650. The number of hydrogen-bond donors (Lipinski definition) is 2. The molecule has 0 aromatic carbocycles. The second-order valence-electron chi connectivity index (χ2n) is 7.85. The summed E-state index contributed by atoms with van der Waals surface area (Å²) in [6.45, 7) is 3.44. The molecule has 1 aliphatic heterocycles. The lowest BCUT2D eigenvalue weighted by molar-refractivity contribution is -0.131. The Labute approximate surface area is 159 Å². The van der Waals surface area contributed by atoms with Crippen LogP contribution in [0, 0.1) is 5.92 Å². The summed E-state index contributed by atoms with van der Waals surface area (Å²) in [5.74, 6) is -0.460. The summed E-state index contributed by atoms with van der Waals surface area (Å²) in [6, 6.07) is 0.857. The van der Waals surface area contributed by atoms with Gasteiger partial charge in [-0.1, -0.05) is 32.1 Å². The van der Waals surface area contributed by atoms with Crippen LogP contribution in [0.1, 0.15) is 62.7 Å². The molecule has 2 fully saturated rings. The number of hydrogen-bond acceptors (Lipinski definition) is 5. The van der Waals surface area contributed by atoms with Gasteiger partial charge >= 0.3 is 0 Å². The van der Waals surface area contributed by atoms with E-state index in [1.165, 1.54) is 18.9 Å². The van der Waals surface area contributed by atoms with Crippen molar-refractivity contribution >= 4 is 17.6 Å². The van der Waals surface area contributed by atoms with Crippen molar-refractivity contribution in [2.45, 2.75) is 70.1 Å². The van der Waals surface area contributed by atoms with E-state index in [1.54, 1.807) is 19.9 Å². The molecule has 7 heteroatoms. The van der Waals surface area contributed by atoms with Crippen LogP contribution >= 0.6 is 0 Å². The number of carbonyl (C=O) groups excluding carboxylic acids is 3. The van der Waals surface area contributed by atoms with Crippen molar-refractivity contribution < 1.29 is 23.5 Å². The molecule has 0 unspecified atom stereocenters. The minimum absolute atomic E-state index is 0.00732. The summed E-state index contributed by atoms with van der Waals surface area (Å²) in [7, 11) is 0. The Balaban J connectivity index is 1.72. The maximum Gasteiger partial charge on any atom is 0.255 e. The molecule has 0 spiro atoms. The lowest BCUT2D eigenvalue weighted by Gasteiger charge is -2.31. The van der Waals surface area contributed by atoms with E-state index in [4.69, 9.17) is 9.15 Å². The number of ketones is 1. The molecule has 3 rings (SSSR count). The van der Waals surface area contributed by atoms with Crippen LogP contribution in [0.2, 0.25) is 0 Å². The summed E-state index contributed by atoms with van der Waals surface area (Å²) in [5, 5.41) is 5.67. The highest BCUT2D eigenvalue weighted by Gasteiger charge is 2.47. The van der Waals surface area contributed by atoms with Crippen molar-refractivity contribution in [2.24, 2.45) is 5.92 Å². The fourth-order valence-electron chi connectivity index (χ4n) is 3.88. The third-order valence-corrected chi connectivity index (χ3v) is 5.94. The topological polar surface area (TPSA) is 97.6 Å². The van der Waals surface area contributed by atoms with Gasteiger partial charge in [-0.15, -0.1) is 0 Å². The third kappa shape index (κ3) is 4.40. The zero-order chi connectivity index (χ0) is 19.4. The highest BCUT2D eigenvalue weighted by Crippen LogP contribution is 2.28. The number of nitrogens with one attached hydrogen (secondary N) is 2. The van der Waals surface area contributed by atoms with Gasteiger partial charge in [-0.2, -0.15) is 0 Å². The van der Waals surface area contributed by atoms with Crippen molar-refractivity contribution in [3.63, 3.8) is 0 Å². The van der Waals surface area contributed by atoms with Crippen LogP contribution in [0.15, 0.2) is 23.0 Å². The van der Waals surface area contributed by atoms with Crippen molar-refractivity contribution in [3.8, 4) is 0 Å². The maximum absolute atomic E-state index is 13.0. The van der Waals surface area contributed by atoms with E-state index in [9.17, 15) is 14.4 Å². The zero-order valence-corrected chi connectivity index (χ0v) is 16.0. The van der Waals surface area contributed by atoms with Crippen LogP contribution in [-0.2, 0) is 14.3 Å². The molecule has 2 aliphatic rings. The Bertz CT molecular complexity index is 681. The lowest BCUT2D eigenvalue weighted by Crippen LogP contribution is -2.60. The second kappa shape index (κ2) is 8.25. The molecule has 3 atom stereocenters. The van der Waals surface area contributed by atoms with E-state index in [-0.39, 0.29) is 24.2 Å². The summed E-state index contributed by atoms with van der Waals surface area (Å²) in [6.07, 6.45) is 8.55. The van der Waals surface area contributed by atoms with Gasteiger partial charge in [-0.05, 0) is 32.3 Å². The third-order valence-electron chi connectivity index (χ3n) is 5.94. The second-order valence-corrected chi connectivity index (χ2v) is 7.85. The molecule has 2 N–H and O–H groups in total. The Kier molecular flexibility index (Phi) is 5.99. The molecule has 1 saturated carbocycles. The Morgan fingerprint density at radius 2 is 2.04 bits per heavy atom. The number of ether oxygens (including phenoxy) is 1. The lowest BCUT2D eigenvalue weighted by atomic mass is 9.84. The normalized spacial score (nSPS) is 27.3. The summed E-state index contributed by atoms with van der Waals surface area (Å²) >= 11 is 0. The molecule has 1 aromatic heterocycles. The quantitative estimate of drug-likeness (QED) is 0.793. The first kappa shape index (κ1) is 19.6. The van der Waals surface area contributed by atoms with E-state index >= 15 is 0 Å². The van der Waals surface area contributed by atoms with Gasteiger partial charge in [0.15, 0.2) is 5.78 Å². The fourth-order valence-corrected chi connectivity index (χ4v) is 3.88. The number of furan rings is 1. The number of carbonyl (C=O) groups is 3. The van der Waals surface area contributed by atoms with Crippen molar-refractivity contribution in [2.75, 3.05) is 6.61 Å². The molecule has 2 amide bonds. The average molecular weight is 376 g/mol. The SMILES string of the molecule is C[C@H]1OCC(=O)[C@]1(C)NC(=O)[C@H](CC1CCCCC1)NC(=O)c1ccoc1. The molecule has 148 valence electrons. The smallest absolute Gasteiger partial charge is 0.255 e. The Hall–Kier alpha value is -2.15. The minimum atomic E-state index is -1.07. The van der Waals surface area contributed by atoms with Crippen LogP contribution in [0.5, 0.6) is 0 Å². The molecule has 7 nitrogen and oxygen atoms in total. The van der Waals surface area contributed by atoms with Crippen LogP contribution in [0.25, 0.3) is 0 Å². The molecule has 1 aliphatic carbocycles. The summed E-state index contributed by atoms with van der Waals surface area (Å²) in [5.41, 5.74) is -0.696. The van der Waals surface area contributed by atoms with Gasteiger partial charge < -0.3 is 19.8 Å². The summed E-state index contributed by atoms with van der Waals surface area (Å²) < 4.78 is 10.3. The van der Waals surface area contributed by atoms with E-state index in [0.717, 1.165) is 25.7 Å². The van der Waals surface area contributed by atoms with Gasteiger partial charge in [0.1, 0.15) is 24.5 Å². The van der Waals surface area contributed by atoms with E-state index < -0.39 is 17.7 Å². The monoisotopic (exact) mass is 376 g/mol. The van der Waals surface area contributed by atoms with Gasteiger partial charge in [0.05, 0.1) is 17.9 Å². The first-order valence-corrected chi connectivity index (χ1v) is 9.70. The zero-order valence-electron chi connectivity index (χ0n) is 16.0. The molecule has 1 aromatic rings. The predicted octanol–water partition coefficient (Wildman–Crippen LogP) is 2.21. The highest BCUT2D eigenvalue weighted by molar-refractivity contribution is 6.00. The molecule has 0 radical (unpaired) electrons. The average Bonchev–Trinajstić information content (AvgIpc) is 3.27. The molecular weight excluding hydrogens is 348 g/mol. The van der Waals surface area contributed by atoms with E-state index in [1.807, 2.05) is 0 Å². The van der Waals surface area contributed by atoms with Gasteiger partial charge in [0.2, 0.25) is 5.91 Å². The molecule has 1 saturated heterocycles. The van der Waals surface area contributed by atoms with Crippen LogP contribution in [0.4, 0.5) is 0 Å². The van der Waals surface area contributed by atoms with E-state index in [0.29, 0.717) is 17.9 Å². The largest absolute Gasteiger partial charge is 0.472 e. The van der Waals surface area contributed by atoms with Crippen LogP contribution in [0.3, 0.4) is 0 Å². The summed E-state index contributed by atoms with van der Waals surface area (Å²) in [4.78, 5) is 37.7. The molecular formula is C20H28N2O5. The van der Waals surface area contributed by atoms with Crippen LogP contribution in [-0.4, -0.2) is 41.9 Å². The van der Waals surface area contributed by atoms with Gasteiger partial charge in [-0.25, -0.2) is 0 Å². The first-order valence-electron chi connectivity index (χ1n) is 9.70. The Morgan fingerprint density at radius 3 is 2.63 bits per heavy atom. The number of Topliss-reactive ketones (excluding diaryl/α,β-unsaturated/α-hetero) is 1. The predicted molar refractivity (Wildman–Crippen MR) is 98.1 cm³/mol. The van der Waals surface area contributed by atoms with Crippen molar-refractivity contribution in [1.29, 1.82) is 0 Å². The maximum atomic E-state index is 13.0. The molecule has 0 bridgehead atoms. The standard InChI is InChI=1S/C20H28N2O5/c1-13-20(2,17(23)12-27-13)22-19(25)16(10-14-6-4-3-5-7-14)21-18(24)15-8-9-26-11-15/h8-9,11,13-14,16H,3-7,10,12H2,1-2H3,(H,21,24)(H,22,25)/t13-,16+,20-/m1/s1. The Morgan fingerprint density at radius 1 is 1.30 bits per heavy atom. The van der Waals surface area contributed by atoms with Gasteiger partial charge in [0.25, 0.3) is 5.91 Å². The van der Waals surface area contributed by atoms with Crippen molar-refractivity contribution in [1.82, 2.24) is 10.6 Å². The van der Waals surface area contributed by atoms with E-state index in [2.05, 4.69) is 10.6 Å². The molecule has 2 heterocycles. The number of rotatable bonds is 6.